The molecule has 0 saturated heterocycles. The quantitative estimate of drug-likeness (QED) is 0.0628. The molecule has 0 saturated carbocycles. The summed E-state index contributed by atoms with van der Waals surface area (Å²) < 4.78 is 24.9. The van der Waals surface area contributed by atoms with Gasteiger partial charge in [0.05, 0.1) is 29.3 Å². The van der Waals surface area contributed by atoms with Gasteiger partial charge in [0.2, 0.25) is 0 Å². The number of unbranched alkanes of at least 4 members (excludes halogenated alkanes) is 18. The highest BCUT2D eigenvalue weighted by atomic mass is 32.1. The monoisotopic (exact) mass is 778 g/mol. The Morgan fingerprint density at radius 3 is 0.981 bits per heavy atom. The highest BCUT2D eigenvalue weighted by Gasteiger charge is 2.33. The van der Waals surface area contributed by atoms with Gasteiger partial charge in [-0.25, -0.2) is 0 Å². The summed E-state index contributed by atoms with van der Waals surface area (Å²) in [4.78, 5) is 6.93. The summed E-state index contributed by atoms with van der Waals surface area (Å²) in [6.45, 7) is 4.58. The van der Waals surface area contributed by atoms with E-state index in [1.807, 2.05) is 0 Å². The Labute approximate surface area is 328 Å². The van der Waals surface area contributed by atoms with Crippen molar-refractivity contribution in [3.63, 3.8) is 0 Å². The van der Waals surface area contributed by atoms with E-state index in [9.17, 15) is 0 Å². The Morgan fingerprint density at radius 1 is 0.365 bits per heavy atom. The summed E-state index contributed by atoms with van der Waals surface area (Å²) in [6.07, 6.45) is 35.8. The number of thiophene rings is 4. The molecule has 0 N–H and O–H groups in total. The van der Waals surface area contributed by atoms with Crippen molar-refractivity contribution in [3.8, 4) is 52.3 Å². The molecule has 52 heavy (non-hydrogen) atoms. The first kappa shape index (κ1) is 39.2. The standard InChI is InChI=1S/C44H58O4S4/c1-3-5-7-9-11-13-15-17-19-21-23-33-25-31-49-39(33)41-35-37(47-29-27-45-35)43(51-41)44-38-36(46-28-30-48-38)42(52-44)40-34(26-32-50-40)24-22-20-18-16-14-12-10-8-6-4-2/h25-32H,3-24H2,1-2H3. The van der Waals surface area contributed by atoms with E-state index in [0.717, 1.165) is 55.3 Å². The summed E-state index contributed by atoms with van der Waals surface area (Å²) in [6, 6.07) is 4.61. The Bertz CT molecular complexity index is 1580. The highest BCUT2D eigenvalue weighted by Crippen LogP contribution is 2.62. The van der Waals surface area contributed by atoms with Crippen LogP contribution in [0.4, 0.5) is 0 Å². The summed E-state index contributed by atoms with van der Waals surface area (Å²) in [7, 11) is 0. The van der Waals surface area contributed by atoms with Crippen LogP contribution in [0.5, 0.6) is 23.0 Å². The lowest BCUT2D eigenvalue weighted by Crippen LogP contribution is -1.97. The molecule has 0 radical (unpaired) electrons. The van der Waals surface area contributed by atoms with E-state index >= 15 is 0 Å². The van der Waals surface area contributed by atoms with Gasteiger partial charge in [0.25, 0.3) is 0 Å². The predicted molar refractivity (Wildman–Crippen MR) is 226 cm³/mol. The molecule has 4 aromatic rings. The van der Waals surface area contributed by atoms with Crippen LogP contribution in [-0.2, 0) is 12.8 Å². The van der Waals surface area contributed by atoms with Crippen molar-refractivity contribution in [1.82, 2.24) is 0 Å². The Morgan fingerprint density at radius 2 is 0.654 bits per heavy atom. The number of fused-ring (bicyclic) bond motifs is 2. The molecule has 0 amide bonds. The van der Waals surface area contributed by atoms with Gasteiger partial charge in [-0.05, 0) is 59.7 Å². The van der Waals surface area contributed by atoms with Crippen LogP contribution < -0.4 is 18.9 Å². The minimum atomic E-state index is 0.770. The van der Waals surface area contributed by atoms with Crippen LogP contribution in [0.3, 0.4) is 0 Å². The maximum absolute atomic E-state index is 6.23. The zero-order chi connectivity index (χ0) is 35.8. The number of ether oxygens (including phenoxy) is 4. The maximum Gasteiger partial charge on any atom is 0.189 e. The fraction of sp³-hybridized carbons (Fsp3) is 0.545. The van der Waals surface area contributed by atoms with E-state index in [4.69, 9.17) is 18.9 Å². The van der Waals surface area contributed by atoms with Gasteiger partial charge in [0, 0.05) is 0 Å². The van der Waals surface area contributed by atoms with E-state index in [0.29, 0.717) is 0 Å². The first-order chi connectivity index (χ1) is 25.8. The maximum atomic E-state index is 6.23. The molecular weight excluding hydrogens is 721 g/mol. The third-order valence-corrected chi connectivity index (χ3v) is 14.9. The van der Waals surface area contributed by atoms with Crippen molar-refractivity contribution in [2.45, 2.75) is 155 Å². The minimum absolute atomic E-state index is 0.770. The van der Waals surface area contributed by atoms with Crippen LogP contribution in [0.2, 0.25) is 0 Å². The summed E-state index contributed by atoms with van der Waals surface area (Å²) in [5.74, 6) is 3.16. The van der Waals surface area contributed by atoms with Gasteiger partial charge >= 0.3 is 0 Å². The summed E-state index contributed by atoms with van der Waals surface area (Å²) in [5.41, 5.74) is 2.81. The van der Waals surface area contributed by atoms with Crippen LogP contribution in [0.25, 0.3) is 29.3 Å². The number of hydrogen-bond donors (Lipinski definition) is 0. The predicted octanol–water partition coefficient (Wildman–Crippen LogP) is 16.3. The van der Waals surface area contributed by atoms with Gasteiger partial charge in [-0.2, -0.15) is 0 Å². The van der Waals surface area contributed by atoms with Gasteiger partial charge in [-0.1, -0.05) is 129 Å². The van der Waals surface area contributed by atoms with Crippen LogP contribution in [0.1, 0.15) is 153 Å². The van der Waals surface area contributed by atoms with Gasteiger partial charge in [0.1, 0.15) is 25.0 Å². The highest BCUT2D eigenvalue weighted by molar-refractivity contribution is 7.29. The largest absolute Gasteiger partial charge is 0.456 e. The van der Waals surface area contributed by atoms with Gasteiger partial charge < -0.3 is 18.9 Å². The summed E-state index contributed by atoms with van der Waals surface area (Å²) in [5, 5.41) is 4.46. The fourth-order valence-electron chi connectivity index (χ4n) is 7.28. The molecule has 2 aliphatic rings. The van der Waals surface area contributed by atoms with Crippen molar-refractivity contribution >= 4 is 45.3 Å². The van der Waals surface area contributed by atoms with Crippen molar-refractivity contribution < 1.29 is 18.9 Å². The zero-order valence-corrected chi connectivity index (χ0v) is 34.7. The number of hydrogen-bond acceptors (Lipinski definition) is 8. The third kappa shape index (κ3) is 10.4. The lowest BCUT2D eigenvalue weighted by molar-refractivity contribution is 0.363. The molecule has 4 nitrogen and oxygen atoms in total. The molecule has 0 spiro atoms. The molecular formula is C44H58O4S4. The molecule has 2 aliphatic heterocycles. The molecule has 282 valence electrons. The van der Waals surface area contributed by atoms with Crippen molar-refractivity contribution in [1.29, 1.82) is 0 Å². The normalized spacial score (nSPS) is 13.0. The molecule has 6 rings (SSSR count). The minimum Gasteiger partial charge on any atom is -0.456 e. The van der Waals surface area contributed by atoms with E-state index in [2.05, 4.69) is 36.7 Å². The fourth-order valence-corrected chi connectivity index (χ4v) is 12.0. The molecule has 0 fully saturated rings. The average Bonchev–Trinajstić information content (AvgIpc) is 3.98. The van der Waals surface area contributed by atoms with E-state index in [1.54, 1.807) is 70.4 Å². The van der Waals surface area contributed by atoms with Crippen molar-refractivity contribution in [2.24, 2.45) is 0 Å². The average molecular weight is 779 g/mol. The molecule has 0 bridgehead atoms. The molecule has 0 aromatic carbocycles. The Hall–Kier alpha value is -2.52. The third-order valence-electron chi connectivity index (χ3n) is 10.2. The van der Waals surface area contributed by atoms with Crippen LogP contribution >= 0.6 is 45.3 Å². The molecule has 4 aromatic heterocycles. The number of aryl methyl sites for hydroxylation is 2. The van der Waals surface area contributed by atoms with Crippen LogP contribution in [0.15, 0.2) is 47.9 Å². The first-order valence-corrected chi connectivity index (χ1v) is 23.6. The Balaban J connectivity index is 1.12. The second-order valence-electron chi connectivity index (χ2n) is 14.3. The molecule has 0 atom stereocenters. The summed E-state index contributed by atoms with van der Waals surface area (Å²) >= 11 is 7.11. The molecule has 0 aliphatic carbocycles. The van der Waals surface area contributed by atoms with Gasteiger partial charge in [0.15, 0.2) is 23.0 Å². The molecule has 0 unspecified atom stereocenters. The lowest BCUT2D eigenvalue weighted by Gasteiger charge is -2.12. The van der Waals surface area contributed by atoms with Crippen LogP contribution in [-0.4, -0.2) is 0 Å². The van der Waals surface area contributed by atoms with E-state index in [1.165, 1.54) is 149 Å². The van der Waals surface area contributed by atoms with E-state index < -0.39 is 0 Å². The Kier molecular flexibility index (Phi) is 16.1. The SMILES string of the molecule is CCCCCCCCCCCCc1ccsc1-c1sc(-c2sc(-c3sccc3CCCCCCCCCCCC)c3c2OC=CO3)c2c1OC=CO2. The molecule has 8 heteroatoms. The van der Waals surface area contributed by atoms with Crippen molar-refractivity contribution in [3.05, 3.63) is 59.1 Å². The van der Waals surface area contributed by atoms with Gasteiger partial charge in [-0.15, -0.1) is 45.3 Å². The lowest BCUT2D eigenvalue weighted by atomic mass is 10.0. The molecule has 6 heterocycles. The first-order valence-electron chi connectivity index (χ1n) is 20.2. The number of rotatable bonds is 25. The van der Waals surface area contributed by atoms with Crippen molar-refractivity contribution in [2.75, 3.05) is 0 Å². The van der Waals surface area contributed by atoms with E-state index in [-0.39, 0.29) is 0 Å². The smallest absolute Gasteiger partial charge is 0.189 e. The van der Waals surface area contributed by atoms with Crippen LogP contribution in [0, 0.1) is 0 Å². The zero-order valence-electron chi connectivity index (χ0n) is 31.4. The second kappa shape index (κ2) is 21.4. The van der Waals surface area contributed by atoms with Gasteiger partial charge in [-0.3, -0.25) is 0 Å². The topological polar surface area (TPSA) is 36.9 Å². The second-order valence-corrected chi connectivity index (χ2v) is 18.1.